The van der Waals surface area contributed by atoms with E-state index >= 15 is 0 Å². The molecule has 0 fully saturated rings. The van der Waals surface area contributed by atoms with Crippen LogP contribution in [0.1, 0.15) is 27.2 Å². The smallest absolute Gasteiger partial charge is 0.239 e. The van der Waals surface area contributed by atoms with Crippen LogP contribution in [0.2, 0.25) is 0 Å². The summed E-state index contributed by atoms with van der Waals surface area (Å²) in [6.45, 7) is 6.92. The molecule has 0 heterocycles. The molecule has 0 spiro atoms. The second kappa shape index (κ2) is 7.06. The molecular formula is C8H18N2O2. The summed E-state index contributed by atoms with van der Waals surface area (Å²) in [5, 5.41) is 2.76. The van der Waals surface area contributed by atoms with Gasteiger partial charge in [0, 0.05) is 6.54 Å². The van der Waals surface area contributed by atoms with Crippen LogP contribution in [-0.2, 0) is 9.63 Å². The first-order chi connectivity index (χ1) is 5.72. The Labute approximate surface area is 73.6 Å². The molecule has 4 heteroatoms. The van der Waals surface area contributed by atoms with Crippen molar-refractivity contribution in [2.75, 3.05) is 13.2 Å². The van der Waals surface area contributed by atoms with Crippen molar-refractivity contribution < 1.29 is 9.63 Å². The van der Waals surface area contributed by atoms with Gasteiger partial charge < -0.3 is 10.2 Å². The van der Waals surface area contributed by atoms with Gasteiger partial charge >= 0.3 is 0 Å². The Kier molecular flexibility index (Phi) is 6.70. The first-order valence-corrected chi connectivity index (χ1v) is 4.37. The predicted octanol–water partition coefficient (Wildman–Crippen LogP) is 0.442. The summed E-state index contributed by atoms with van der Waals surface area (Å²) in [4.78, 5) is 16.0. The minimum absolute atomic E-state index is 0.0229. The highest BCUT2D eigenvalue weighted by atomic mass is 16.6. The SMILES string of the molecule is CCCNC(=O)C(C)NOCC. The van der Waals surface area contributed by atoms with Gasteiger partial charge in [-0.3, -0.25) is 4.79 Å². The number of hydroxylamine groups is 1. The second-order valence-electron chi connectivity index (χ2n) is 2.56. The highest BCUT2D eigenvalue weighted by molar-refractivity contribution is 5.81. The fourth-order valence-corrected chi connectivity index (χ4v) is 0.663. The monoisotopic (exact) mass is 174 g/mol. The van der Waals surface area contributed by atoms with Gasteiger partial charge in [0.15, 0.2) is 0 Å². The van der Waals surface area contributed by atoms with Crippen molar-refractivity contribution in [3.8, 4) is 0 Å². The van der Waals surface area contributed by atoms with Gasteiger partial charge in [-0.05, 0) is 20.3 Å². The van der Waals surface area contributed by atoms with E-state index in [2.05, 4.69) is 10.8 Å². The van der Waals surface area contributed by atoms with Crippen LogP contribution in [0.15, 0.2) is 0 Å². The molecule has 0 saturated carbocycles. The summed E-state index contributed by atoms with van der Waals surface area (Å²) < 4.78 is 0. The molecule has 0 radical (unpaired) electrons. The molecule has 0 aliphatic carbocycles. The van der Waals surface area contributed by atoms with E-state index < -0.39 is 0 Å². The van der Waals surface area contributed by atoms with Crippen molar-refractivity contribution in [3.05, 3.63) is 0 Å². The van der Waals surface area contributed by atoms with E-state index in [9.17, 15) is 4.79 Å². The molecule has 0 aromatic rings. The van der Waals surface area contributed by atoms with E-state index in [0.717, 1.165) is 13.0 Å². The van der Waals surface area contributed by atoms with Gasteiger partial charge in [-0.15, -0.1) is 0 Å². The minimum atomic E-state index is -0.281. The van der Waals surface area contributed by atoms with Gasteiger partial charge in [0.05, 0.1) is 6.61 Å². The van der Waals surface area contributed by atoms with Crippen LogP contribution in [-0.4, -0.2) is 25.1 Å². The number of carbonyl (C=O) groups excluding carboxylic acids is 1. The maximum atomic E-state index is 11.2. The van der Waals surface area contributed by atoms with Gasteiger partial charge in [0.1, 0.15) is 6.04 Å². The van der Waals surface area contributed by atoms with Gasteiger partial charge in [-0.2, -0.15) is 5.48 Å². The third kappa shape index (κ3) is 5.09. The molecule has 0 aromatic heterocycles. The molecule has 0 aliphatic rings. The van der Waals surface area contributed by atoms with Crippen LogP contribution >= 0.6 is 0 Å². The highest BCUT2D eigenvalue weighted by Crippen LogP contribution is 1.82. The second-order valence-corrected chi connectivity index (χ2v) is 2.56. The van der Waals surface area contributed by atoms with Crippen LogP contribution in [0.25, 0.3) is 0 Å². The van der Waals surface area contributed by atoms with Gasteiger partial charge in [-0.25, -0.2) is 0 Å². The topological polar surface area (TPSA) is 50.4 Å². The fraction of sp³-hybridized carbons (Fsp3) is 0.875. The normalized spacial score (nSPS) is 12.6. The van der Waals surface area contributed by atoms with E-state index in [-0.39, 0.29) is 11.9 Å². The lowest BCUT2D eigenvalue weighted by Crippen LogP contribution is -2.42. The molecule has 1 amide bonds. The first kappa shape index (κ1) is 11.4. The van der Waals surface area contributed by atoms with Crippen LogP contribution in [0, 0.1) is 0 Å². The predicted molar refractivity (Wildman–Crippen MR) is 47.5 cm³/mol. The molecule has 2 N–H and O–H groups in total. The molecule has 0 aliphatic heterocycles. The Bertz CT molecular complexity index is 128. The zero-order valence-corrected chi connectivity index (χ0v) is 8.02. The molecule has 0 bridgehead atoms. The van der Waals surface area contributed by atoms with Crippen molar-refractivity contribution >= 4 is 5.91 Å². The van der Waals surface area contributed by atoms with Crippen LogP contribution in [0.5, 0.6) is 0 Å². The first-order valence-electron chi connectivity index (χ1n) is 4.37. The van der Waals surface area contributed by atoms with E-state index in [1.165, 1.54) is 0 Å². The highest BCUT2D eigenvalue weighted by Gasteiger charge is 2.10. The standard InChI is InChI=1S/C8H18N2O2/c1-4-6-9-8(11)7(3)10-12-5-2/h7,10H,4-6H2,1-3H3,(H,9,11). The summed E-state index contributed by atoms with van der Waals surface area (Å²) in [5.41, 5.74) is 2.63. The lowest BCUT2D eigenvalue weighted by Gasteiger charge is -2.12. The van der Waals surface area contributed by atoms with Crippen LogP contribution < -0.4 is 10.8 Å². The Morgan fingerprint density at radius 3 is 2.67 bits per heavy atom. The average Bonchev–Trinajstić information content (AvgIpc) is 2.10. The molecule has 4 nitrogen and oxygen atoms in total. The lowest BCUT2D eigenvalue weighted by molar-refractivity contribution is -0.126. The number of carbonyl (C=O) groups is 1. The number of nitrogens with one attached hydrogen (secondary N) is 2. The zero-order valence-electron chi connectivity index (χ0n) is 8.02. The molecular weight excluding hydrogens is 156 g/mol. The number of hydrogen-bond acceptors (Lipinski definition) is 3. The third-order valence-electron chi connectivity index (χ3n) is 1.35. The Hall–Kier alpha value is -0.610. The summed E-state index contributed by atoms with van der Waals surface area (Å²) >= 11 is 0. The van der Waals surface area contributed by atoms with Crippen molar-refractivity contribution in [2.45, 2.75) is 33.2 Å². The molecule has 72 valence electrons. The maximum Gasteiger partial charge on any atom is 0.239 e. The number of rotatable bonds is 6. The maximum absolute atomic E-state index is 11.2. The van der Waals surface area contributed by atoms with Crippen LogP contribution in [0.4, 0.5) is 0 Å². The van der Waals surface area contributed by atoms with Crippen molar-refractivity contribution in [2.24, 2.45) is 0 Å². The Balaban J connectivity index is 3.47. The molecule has 12 heavy (non-hydrogen) atoms. The summed E-state index contributed by atoms with van der Waals surface area (Å²) in [5.74, 6) is -0.0229. The molecule has 1 unspecified atom stereocenters. The van der Waals surface area contributed by atoms with Crippen molar-refractivity contribution in [3.63, 3.8) is 0 Å². The van der Waals surface area contributed by atoms with E-state index in [0.29, 0.717) is 6.61 Å². The molecule has 0 saturated heterocycles. The Morgan fingerprint density at radius 1 is 1.50 bits per heavy atom. The largest absolute Gasteiger partial charge is 0.355 e. The van der Waals surface area contributed by atoms with Crippen molar-refractivity contribution in [1.29, 1.82) is 0 Å². The number of amides is 1. The van der Waals surface area contributed by atoms with Gasteiger partial charge in [0.2, 0.25) is 5.91 Å². The zero-order chi connectivity index (χ0) is 9.40. The molecule has 1 atom stereocenters. The lowest BCUT2D eigenvalue weighted by atomic mass is 10.3. The molecule has 0 aromatic carbocycles. The molecule has 0 rings (SSSR count). The summed E-state index contributed by atoms with van der Waals surface area (Å²) in [6.07, 6.45) is 0.951. The minimum Gasteiger partial charge on any atom is -0.355 e. The van der Waals surface area contributed by atoms with Gasteiger partial charge in [-0.1, -0.05) is 6.92 Å². The summed E-state index contributed by atoms with van der Waals surface area (Å²) in [7, 11) is 0. The summed E-state index contributed by atoms with van der Waals surface area (Å²) in [6, 6.07) is -0.281. The van der Waals surface area contributed by atoms with E-state index in [4.69, 9.17) is 4.84 Å². The fourth-order valence-electron chi connectivity index (χ4n) is 0.663. The Morgan fingerprint density at radius 2 is 2.17 bits per heavy atom. The average molecular weight is 174 g/mol. The third-order valence-corrected chi connectivity index (χ3v) is 1.35. The van der Waals surface area contributed by atoms with Crippen LogP contribution in [0.3, 0.4) is 0 Å². The quantitative estimate of drug-likeness (QED) is 0.574. The van der Waals surface area contributed by atoms with E-state index in [1.54, 1.807) is 6.92 Å². The van der Waals surface area contributed by atoms with Gasteiger partial charge in [0.25, 0.3) is 0 Å². The number of hydrogen-bond donors (Lipinski definition) is 2. The van der Waals surface area contributed by atoms with E-state index in [1.807, 2.05) is 13.8 Å². The van der Waals surface area contributed by atoms with Crippen molar-refractivity contribution in [1.82, 2.24) is 10.8 Å².